The molecule has 0 saturated carbocycles. The molecule has 0 aliphatic heterocycles. The van der Waals surface area contributed by atoms with E-state index in [2.05, 4.69) is 44.6 Å². The van der Waals surface area contributed by atoms with Crippen molar-refractivity contribution in [2.45, 2.75) is 26.9 Å². The molecule has 0 unspecified atom stereocenters. The van der Waals surface area contributed by atoms with E-state index in [1.165, 1.54) is 5.39 Å². The van der Waals surface area contributed by atoms with E-state index in [9.17, 15) is 4.79 Å². The molecule has 3 rings (SSSR count). The molecule has 0 atom stereocenters. The number of aromatic nitrogens is 3. The second kappa shape index (κ2) is 6.74. The number of hydrogen-bond donors (Lipinski definition) is 1. The van der Waals surface area contributed by atoms with Crippen molar-refractivity contribution in [3.05, 3.63) is 59.8 Å². The third-order valence-corrected chi connectivity index (χ3v) is 4.29. The first kappa shape index (κ1) is 16.1. The number of hydrogen-bond acceptors (Lipinski definition) is 2. The van der Waals surface area contributed by atoms with Gasteiger partial charge in [0.2, 0.25) is 5.91 Å². The van der Waals surface area contributed by atoms with Crippen LogP contribution in [0.4, 0.5) is 0 Å². The van der Waals surface area contributed by atoms with Gasteiger partial charge in [-0.15, -0.1) is 0 Å². The van der Waals surface area contributed by atoms with E-state index >= 15 is 0 Å². The van der Waals surface area contributed by atoms with E-state index in [0.29, 0.717) is 6.54 Å². The molecule has 1 N–H and O–H groups in total. The van der Waals surface area contributed by atoms with Crippen molar-refractivity contribution in [2.24, 2.45) is 7.05 Å². The van der Waals surface area contributed by atoms with Gasteiger partial charge in [0.25, 0.3) is 0 Å². The molecule has 0 spiro atoms. The summed E-state index contributed by atoms with van der Waals surface area (Å²) in [5.74, 6) is 0.856. The van der Waals surface area contributed by atoms with E-state index in [1.54, 1.807) is 6.08 Å². The van der Waals surface area contributed by atoms with Crippen molar-refractivity contribution in [1.29, 1.82) is 0 Å². The number of benzene rings is 1. The smallest absolute Gasteiger partial charge is 0.244 e. The highest BCUT2D eigenvalue weighted by Gasteiger charge is 2.06. The zero-order chi connectivity index (χ0) is 17.1. The second-order valence-corrected chi connectivity index (χ2v) is 5.78. The Morgan fingerprint density at radius 1 is 1.33 bits per heavy atom. The lowest BCUT2D eigenvalue weighted by Crippen LogP contribution is -2.22. The summed E-state index contributed by atoms with van der Waals surface area (Å²) in [7, 11) is 2.00. The fourth-order valence-electron chi connectivity index (χ4n) is 2.96. The first-order chi connectivity index (χ1) is 11.6. The number of carbonyl (C=O) groups is 1. The molecule has 5 heteroatoms. The highest BCUT2D eigenvalue weighted by Crippen LogP contribution is 2.19. The Labute approximate surface area is 141 Å². The van der Waals surface area contributed by atoms with Gasteiger partial charge in [0.1, 0.15) is 5.82 Å². The minimum Gasteiger partial charge on any atom is -0.347 e. The molecule has 124 valence electrons. The fraction of sp³-hybridized carbons (Fsp3) is 0.263. The number of nitrogens with one attached hydrogen (secondary N) is 1. The lowest BCUT2D eigenvalue weighted by molar-refractivity contribution is -0.116. The van der Waals surface area contributed by atoms with Crippen molar-refractivity contribution in [3.63, 3.8) is 0 Å². The zero-order valence-corrected chi connectivity index (χ0v) is 14.3. The van der Waals surface area contributed by atoms with Crippen LogP contribution in [0.3, 0.4) is 0 Å². The number of para-hydroxylation sites is 1. The zero-order valence-electron chi connectivity index (χ0n) is 14.3. The van der Waals surface area contributed by atoms with Crippen LogP contribution in [-0.4, -0.2) is 20.0 Å². The van der Waals surface area contributed by atoms with Crippen LogP contribution in [0.2, 0.25) is 0 Å². The molecular formula is C19H22N4O. The molecule has 1 aromatic carbocycles. The van der Waals surface area contributed by atoms with Gasteiger partial charge < -0.3 is 14.5 Å². The summed E-state index contributed by atoms with van der Waals surface area (Å²) in [6.07, 6.45) is 5.23. The van der Waals surface area contributed by atoms with Gasteiger partial charge >= 0.3 is 0 Å². The maximum atomic E-state index is 12.1. The molecule has 0 aliphatic carbocycles. The number of nitrogens with zero attached hydrogens (tertiary/aromatic N) is 3. The first-order valence-corrected chi connectivity index (χ1v) is 8.11. The van der Waals surface area contributed by atoms with E-state index in [1.807, 2.05) is 38.4 Å². The van der Waals surface area contributed by atoms with Gasteiger partial charge in [-0.25, -0.2) is 4.98 Å². The van der Waals surface area contributed by atoms with Crippen molar-refractivity contribution >= 4 is 22.9 Å². The molecule has 0 aliphatic rings. The Morgan fingerprint density at radius 3 is 2.88 bits per heavy atom. The number of carbonyl (C=O) groups excluding carboxylic acids is 1. The fourth-order valence-corrected chi connectivity index (χ4v) is 2.96. The van der Waals surface area contributed by atoms with E-state index < -0.39 is 0 Å². The van der Waals surface area contributed by atoms with Crippen LogP contribution in [0, 0.1) is 6.92 Å². The predicted molar refractivity (Wildman–Crippen MR) is 96.4 cm³/mol. The van der Waals surface area contributed by atoms with Gasteiger partial charge in [0.15, 0.2) is 0 Å². The molecule has 5 nitrogen and oxygen atoms in total. The Kier molecular flexibility index (Phi) is 4.51. The maximum absolute atomic E-state index is 12.1. The molecule has 3 aromatic rings. The van der Waals surface area contributed by atoms with E-state index in [4.69, 9.17) is 0 Å². The number of amides is 1. The molecule has 0 radical (unpaired) electrons. The summed E-state index contributed by atoms with van der Waals surface area (Å²) in [6, 6.07) is 10.2. The monoisotopic (exact) mass is 322 g/mol. The van der Waals surface area contributed by atoms with Crippen molar-refractivity contribution in [1.82, 2.24) is 19.4 Å². The molecule has 2 heterocycles. The molecule has 0 bridgehead atoms. The Balaban J connectivity index is 1.67. The predicted octanol–water partition coefficient (Wildman–Crippen LogP) is 3.03. The third kappa shape index (κ3) is 3.11. The van der Waals surface area contributed by atoms with E-state index in [-0.39, 0.29) is 5.91 Å². The van der Waals surface area contributed by atoms with Gasteiger partial charge in [0.05, 0.1) is 18.4 Å². The molecule has 0 saturated heterocycles. The largest absolute Gasteiger partial charge is 0.347 e. The summed E-state index contributed by atoms with van der Waals surface area (Å²) in [5.41, 5.74) is 3.17. The molecular weight excluding hydrogens is 300 g/mol. The molecule has 24 heavy (non-hydrogen) atoms. The minimum absolute atomic E-state index is 0.109. The lowest BCUT2D eigenvalue weighted by Gasteiger charge is -2.07. The molecule has 1 amide bonds. The number of rotatable bonds is 5. The number of fused-ring (bicyclic) bond motifs is 1. The van der Waals surface area contributed by atoms with Crippen LogP contribution < -0.4 is 5.32 Å². The van der Waals surface area contributed by atoms with Crippen LogP contribution in [0.5, 0.6) is 0 Å². The van der Waals surface area contributed by atoms with Gasteiger partial charge in [-0.3, -0.25) is 4.79 Å². The van der Waals surface area contributed by atoms with Crippen LogP contribution in [0.25, 0.3) is 17.0 Å². The summed E-state index contributed by atoms with van der Waals surface area (Å²) in [6.45, 7) is 5.37. The average molecular weight is 322 g/mol. The average Bonchev–Trinajstić information content (AvgIpc) is 3.11. The summed E-state index contributed by atoms with van der Waals surface area (Å²) >= 11 is 0. The van der Waals surface area contributed by atoms with Gasteiger partial charge in [-0.05, 0) is 32.1 Å². The highest BCUT2D eigenvalue weighted by molar-refractivity contribution is 5.92. The third-order valence-electron chi connectivity index (χ3n) is 4.29. The second-order valence-electron chi connectivity index (χ2n) is 5.78. The maximum Gasteiger partial charge on any atom is 0.244 e. The highest BCUT2D eigenvalue weighted by atomic mass is 16.1. The standard InChI is InChI=1S/C19H22N4O/c1-4-23-14(2)20-12-17(23)13-21-19(24)10-9-16-11-15-7-5-6-8-18(15)22(16)3/h5-12H,4,13H2,1-3H3,(H,21,24)/b10-9+. The quantitative estimate of drug-likeness (QED) is 0.734. The SMILES string of the molecule is CCn1c(CNC(=O)/C=C/c2cc3ccccc3n2C)cnc1C. The first-order valence-electron chi connectivity index (χ1n) is 8.11. The summed E-state index contributed by atoms with van der Waals surface area (Å²) in [5, 5.41) is 4.08. The Morgan fingerprint density at radius 2 is 2.12 bits per heavy atom. The number of aryl methyl sites for hydroxylation is 2. The summed E-state index contributed by atoms with van der Waals surface area (Å²) < 4.78 is 4.17. The van der Waals surface area contributed by atoms with Crippen LogP contribution in [0.15, 0.2) is 42.6 Å². The molecule has 2 aromatic heterocycles. The number of imidazole rings is 1. The Bertz CT molecular complexity index is 901. The van der Waals surface area contributed by atoms with Gasteiger partial charge in [-0.1, -0.05) is 18.2 Å². The minimum atomic E-state index is -0.109. The van der Waals surface area contributed by atoms with Crippen molar-refractivity contribution in [3.8, 4) is 0 Å². The van der Waals surface area contributed by atoms with Crippen LogP contribution in [-0.2, 0) is 24.9 Å². The van der Waals surface area contributed by atoms with Crippen LogP contribution in [0.1, 0.15) is 24.1 Å². The summed E-state index contributed by atoms with van der Waals surface area (Å²) in [4.78, 5) is 16.4. The lowest BCUT2D eigenvalue weighted by atomic mass is 10.2. The topological polar surface area (TPSA) is 51.9 Å². The van der Waals surface area contributed by atoms with Gasteiger partial charge in [0, 0.05) is 36.3 Å². The molecule has 0 fully saturated rings. The van der Waals surface area contributed by atoms with Crippen molar-refractivity contribution in [2.75, 3.05) is 0 Å². The normalized spacial score (nSPS) is 11.5. The van der Waals surface area contributed by atoms with Gasteiger partial charge in [-0.2, -0.15) is 0 Å². The van der Waals surface area contributed by atoms with E-state index in [0.717, 1.165) is 29.3 Å². The van der Waals surface area contributed by atoms with Crippen molar-refractivity contribution < 1.29 is 4.79 Å². The van der Waals surface area contributed by atoms with Crippen LogP contribution >= 0.6 is 0 Å². The Hall–Kier alpha value is -2.82.